The Balaban J connectivity index is 4.10. The molecule has 0 radical (unpaired) electrons. The van der Waals surface area contributed by atoms with Crippen LogP contribution in [0.2, 0.25) is 0 Å². The van der Waals surface area contributed by atoms with Crippen molar-refractivity contribution in [3.8, 4) is 0 Å². The number of carbonyl (C=O) groups is 1. The second-order valence-electron chi connectivity index (χ2n) is 23.8. The Labute approximate surface area is 513 Å². The normalized spacial score (nSPS) is 14.5. The molecule has 0 saturated carbocycles. The molecule has 3 atom stereocenters. The number of phosphoric acid groups is 1. The van der Waals surface area contributed by atoms with Gasteiger partial charge in [-0.15, -0.1) is 0 Å². The van der Waals surface area contributed by atoms with Crippen LogP contribution in [-0.2, 0) is 18.4 Å². The molecule has 0 bridgehead atoms. The summed E-state index contributed by atoms with van der Waals surface area (Å²) in [5.41, 5.74) is 0. The molecule has 0 aliphatic rings. The molecule has 0 heterocycles. The molecule has 476 valence electrons. The van der Waals surface area contributed by atoms with Crippen LogP contribution in [0.25, 0.3) is 0 Å². The van der Waals surface area contributed by atoms with Gasteiger partial charge < -0.3 is 19.8 Å². The second-order valence-corrected chi connectivity index (χ2v) is 25.3. The summed E-state index contributed by atoms with van der Waals surface area (Å²) >= 11 is 0. The number of phosphoric ester groups is 1. The lowest BCUT2D eigenvalue weighted by Gasteiger charge is -2.25. The lowest BCUT2D eigenvalue weighted by atomic mass is 10.0. The van der Waals surface area contributed by atoms with Crippen LogP contribution in [-0.4, -0.2) is 73.4 Å². The van der Waals surface area contributed by atoms with Gasteiger partial charge in [0.2, 0.25) is 5.91 Å². The van der Waals surface area contributed by atoms with Crippen molar-refractivity contribution < 1.29 is 32.9 Å². The van der Waals surface area contributed by atoms with Gasteiger partial charge in [0.05, 0.1) is 39.9 Å². The third-order valence-electron chi connectivity index (χ3n) is 14.6. The Hall–Kier alpha value is -3.36. The first-order valence-electron chi connectivity index (χ1n) is 34.1. The fourth-order valence-electron chi connectivity index (χ4n) is 9.35. The van der Waals surface area contributed by atoms with Crippen LogP contribution in [0.5, 0.6) is 0 Å². The quantitative estimate of drug-likeness (QED) is 0.0243. The van der Waals surface area contributed by atoms with Gasteiger partial charge in [0.25, 0.3) is 0 Å². The number of nitrogens with zero attached hydrogens (tertiary/aromatic N) is 1. The van der Waals surface area contributed by atoms with Gasteiger partial charge in [-0.25, -0.2) is 4.57 Å². The van der Waals surface area contributed by atoms with Gasteiger partial charge in [0.1, 0.15) is 13.2 Å². The summed E-state index contributed by atoms with van der Waals surface area (Å²) in [5, 5.41) is 14.0. The summed E-state index contributed by atoms with van der Waals surface area (Å²) in [7, 11) is 1.55. The van der Waals surface area contributed by atoms with Crippen molar-refractivity contribution in [1.82, 2.24) is 5.32 Å². The Morgan fingerprint density at radius 3 is 1.11 bits per heavy atom. The molecule has 0 spiro atoms. The van der Waals surface area contributed by atoms with E-state index in [9.17, 15) is 19.4 Å². The van der Waals surface area contributed by atoms with Gasteiger partial charge in [-0.3, -0.25) is 13.8 Å². The molecule has 9 heteroatoms. The van der Waals surface area contributed by atoms with E-state index in [-0.39, 0.29) is 19.1 Å². The smallest absolute Gasteiger partial charge is 0.387 e. The topological polar surface area (TPSA) is 105 Å². The van der Waals surface area contributed by atoms with Gasteiger partial charge >= 0.3 is 7.82 Å². The van der Waals surface area contributed by atoms with Crippen molar-refractivity contribution in [2.75, 3.05) is 40.9 Å². The van der Waals surface area contributed by atoms with Gasteiger partial charge in [-0.1, -0.05) is 302 Å². The molecule has 3 N–H and O–H groups in total. The van der Waals surface area contributed by atoms with Gasteiger partial charge in [0.15, 0.2) is 0 Å². The Morgan fingerprint density at radius 1 is 0.422 bits per heavy atom. The molecule has 0 aromatic heterocycles. The van der Waals surface area contributed by atoms with Crippen LogP contribution in [0.4, 0.5) is 0 Å². The number of allylic oxidation sites excluding steroid dienone is 21. The van der Waals surface area contributed by atoms with Crippen molar-refractivity contribution in [2.24, 2.45) is 0 Å². The molecule has 0 saturated heterocycles. The molecular weight excluding hydrogens is 1040 g/mol. The summed E-state index contributed by atoms with van der Waals surface area (Å²) in [6.07, 6.45) is 95.9. The Bertz CT molecular complexity index is 1810. The monoisotopic (exact) mass is 1170 g/mol. The van der Waals surface area contributed by atoms with Crippen LogP contribution in [0.1, 0.15) is 277 Å². The molecule has 0 fully saturated rings. The lowest BCUT2D eigenvalue weighted by molar-refractivity contribution is -0.870. The molecule has 0 aliphatic heterocycles. The fourth-order valence-corrected chi connectivity index (χ4v) is 10.1. The van der Waals surface area contributed by atoms with E-state index in [1.165, 1.54) is 161 Å². The number of unbranched alkanes of at least 4 members (excludes halogenated alkanes) is 28. The van der Waals surface area contributed by atoms with Crippen molar-refractivity contribution in [3.63, 3.8) is 0 Å². The van der Waals surface area contributed by atoms with E-state index in [2.05, 4.69) is 141 Å². The minimum Gasteiger partial charge on any atom is -0.387 e. The number of amides is 1. The minimum absolute atomic E-state index is 0.0512. The maximum Gasteiger partial charge on any atom is 0.472 e. The summed E-state index contributed by atoms with van der Waals surface area (Å²) in [5.74, 6) is -0.191. The number of aliphatic hydroxyl groups excluding tert-OH is 1. The van der Waals surface area contributed by atoms with Crippen LogP contribution in [0, 0.1) is 0 Å². The fraction of sp³-hybridized carbons (Fsp3) is 0.689. The second kappa shape index (κ2) is 63.2. The van der Waals surface area contributed by atoms with E-state index in [0.29, 0.717) is 17.4 Å². The summed E-state index contributed by atoms with van der Waals surface area (Å²) in [6, 6.07) is -0.873. The van der Waals surface area contributed by atoms with Gasteiger partial charge in [-0.2, -0.15) is 0 Å². The zero-order valence-electron chi connectivity index (χ0n) is 54.4. The SMILES string of the molecule is CC/C=C\C/C=C\C/C=C\C/C=C\C/C=C\C/C=C\C/C=C\C/C=C\C/C=C\CCCCCCCCCCCCCCCC(=O)NC(COP(=O)(O)OCC[N+](C)(C)C)C(O)/C=C/CC/C=C/CCCCCCCCCCCCCCCC. The average Bonchev–Trinajstić information content (AvgIpc) is 3.49. The maximum atomic E-state index is 13.0. The van der Waals surface area contributed by atoms with Crippen molar-refractivity contribution in [2.45, 2.75) is 289 Å². The predicted octanol–water partition coefficient (Wildman–Crippen LogP) is 21.8. The van der Waals surface area contributed by atoms with Crippen molar-refractivity contribution in [3.05, 3.63) is 134 Å². The molecular formula is C74H130N2O6P+. The zero-order chi connectivity index (χ0) is 60.5. The van der Waals surface area contributed by atoms with E-state index >= 15 is 0 Å². The predicted molar refractivity (Wildman–Crippen MR) is 364 cm³/mol. The van der Waals surface area contributed by atoms with Crippen LogP contribution in [0.3, 0.4) is 0 Å². The van der Waals surface area contributed by atoms with Crippen LogP contribution in [0.15, 0.2) is 134 Å². The van der Waals surface area contributed by atoms with E-state index in [1.54, 1.807) is 6.08 Å². The zero-order valence-corrected chi connectivity index (χ0v) is 55.3. The first-order valence-corrected chi connectivity index (χ1v) is 35.6. The van der Waals surface area contributed by atoms with E-state index in [1.807, 2.05) is 27.2 Å². The molecule has 0 rings (SSSR count). The Morgan fingerprint density at radius 2 is 0.735 bits per heavy atom. The van der Waals surface area contributed by atoms with Crippen LogP contribution >= 0.6 is 7.82 Å². The summed E-state index contributed by atoms with van der Waals surface area (Å²) in [6.45, 7) is 4.69. The standard InChI is InChI=1S/C74H129N2O6P/c1-6-8-10-12-14-16-18-20-22-24-26-28-29-30-31-32-33-34-35-36-37-38-39-40-41-42-43-44-45-46-47-48-50-52-54-56-58-60-62-64-66-68-74(78)75-72(71-82-83(79,80)81-70-69-76(3,4)5)73(77)67-65-63-61-59-57-55-53-51-49-27-25-23-21-19-17-15-13-11-9-7-2/h8,10,14,16,20,22,26,28,30-31,33-34,36-37,39-40,42-43,57,59,65,67,72-73,77H,6-7,9,11-13,15,17-19,21,23-25,27,29,32,35,38,41,44-56,58,60-64,66,68-71H2,1-5H3,(H-,75,78,79,80)/p+1/b10-8-,16-14-,22-20-,28-26-,31-30-,34-33-,37-36-,40-39-,43-42-,59-57+,67-65+. The number of quaternary nitrogens is 1. The van der Waals surface area contributed by atoms with Gasteiger partial charge in [0, 0.05) is 6.42 Å². The van der Waals surface area contributed by atoms with E-state index < -0.39 is 20.0 Å². The molecule has 8 nitrogen and oxygen atoms in total. The minimum atomic E-state index is -4.37. The molecule has 3 unspecified atom stereocenters. The number of likely N-dealkylation sites (N-methyl/N-ethyl adjacent to an activating group) is 1. The number of hydrogen-bond acceptors (Lipinski definition) is 5. The highest BCUT2D eigenvalue weighted by Gasteiger charge is 2.27. The average molecular weight is 1170 g/mol. The third-order valence-corrected chi connectivity index (χ3v) is 15.6. The summed E-state index contributed by atoms with van der Waals surface area (Å²) < 4.78 is 23.8. The Kier molecular flexibility index (Phi) is 60.6. The number of aliphatic hydroxyl groups is 1. The summed E-state index contributed by atoms with van der Waals surface area (Å²) in [4.78, 5) is 23.4. The third kappa shape index (κ3) is 66.0. The number of nitrogens with one attached hydrogen (secondary N) is 1. The molecule has 83 heavy (non-hydrogen) atoms. The molecule has 0 aliphatic carbocycles. The largest absolute Gasteiger partial charge is 0.472 e. The van der Waals surface area contributed by atoms with E-state index in [0.717, 1.165) is 96.3 Å². The van der Waals surface area contributed by atoms with Crippen molar-refractivity contribution >= 4 is 13.7 Å². The van der Waals surface area contributed by atoms with Crippen LogP contribution < -0.4 is 5.32 Å². The first kappa shape index (κ1) is 79.6. The van der Waals surface area contributed by atoms with Gasteiger partial charge in [-0.05, 0) is 103 Å². The molecule has 1 amide bonds. The van der Waals surface area contributed by atoms with E-state index in [4.69, 9.17) is 9.05 Å². The highest BCUT2D eigenvalue weighted by atomic mass is 31.2. The molecule has 0 aromatic carbocycles. The number of rotatable bonds is 61. The highest BCUT2D eigenvalue weighted by Crippen LogP contribution is 2.43. The number of hydrogen-bond donors (Lipinski definition) is 3. The molecule has 0 aromatic rings. The highest BCUT2D eigenvalue weighted by molar-refractivity contribution is 7.47. The number of carbonyl (C=O) groups excluding carboxylic acids is 1. The maximum absolute atomic E-state index is 13.0. The van der Waals surface area contributed by atoms with Crippen molar-refractivity contribution in [1.29, 1.82) is 0 Å². The lowest BCUT2D eigenvalue weighted by Crippen LogP contribution is -2.45. The first-order chi connectivity index (χ1) is 40.5.